The first-order valence-electron chi connectivity index (χ1n) is 6.24. The second-order valence-corrected chi connectivity index (χ2v) is 4.36. The molecule has 0 atom stereocenters. The minimum Gasteiger partial charge on any atom is -0.383 e. The summed E-state index contributed by atoms with van der Waals surface area (Å²) in [5.74, 6) is 0.583. The van der Waals surface area contributed by atoms with E-state index in [4.69, 9.17) is 5.73 Å². The molecule has 4 nitrogen and oxygen atoms in total. The maximum atomic E-state index is 5.84. The number of nitrogen functional groups attached to an aromatic ring is 1. The van der Waals surface area contributed by atoms with Crippen LogP contribution in [0, 0.1) is 0 Å². The zero-order valence-electron chi connectivity index (χ0n) is 10.7. The van der Waals surface area contributed by atoms with E-state index in [9.17, 15) is 0 Å². The number of hydrogen-bond acceptors (Lipinski definition) is 4. The standard InChI is InChI=1S/C15H14N4/c1-2-10-8-12(9-19-15(10)16)14-13-11(5-7-18-14)4-3-6-17-13/h3-9H,2H2,1H3,(H2,16,19). The second kappa shape index (κ2) is 4.65. The van der Waals surface area contributed by atoms with E-state index in [0.29, 0.717) is 5.82 Å². The Morgan fingerprint density at radius 2 is 2.00 bits per heavy atom. The van der Waals surface area contributed by atoms with Crippen LogP contribution in [0.3, 0.4) is 0 Å². The van der Waals surface area contributed by atoms with Crippen molar-refractivity contribution in [1.82, 2.24) is 15.0 Å². The molecular formula is C15H14N4. The van der Waals surface area contributed by atoms with Crippen molar-refractivity contribution in [3.8, 4) is 11.3 Å². The molecule has 0 spiro atoms. The largest absolute Gasteiger partial charge is 0.383 e. The fourth-order valence-corrected chi connectivity index (χ4v) is 2.15. The Morgan fingerprint density at radius 3 is 2.84 bits per heavy atom. The smallest absolute Gasteiger partial charge is 0.126 e. The molecule has 0 aliphatic carbocycles. The van der Waals surface area contributed by atoms with Gasteiger partial charge in [0.05, 0.1) is 11.2 Å². The van der Waals surface area contributed by atoms with Gasteiger partial charge >= 0.3 is 0 Å². The zero-order chi connectivity index (χ0) is 13.2. The fraction of sp³-hybridized carbons (Fsp3) is 0.133. The lowest BCUT2D eigenvalue weighted by Gasteiger charge is -2.07. The first kappa shape index (κ1) is 11.6. The molecule has 0 amide bonds. The molecule has 0 aliphatic rings. The van der Waals surface area contributed by atoms with Gasteiger partial charge < -0.3 is 5.73 Å². The summed E-state index contributed by atoms with van der Waals surface area (Å²) in [6, 6.07) is 7.94. The van der Waals surface area contributed by atoms with Gasteiger partial charge in [0.25, 0.3) is 0 Å². The molecule has 0 radical (unpaired) electrons. The third-order valence-electron chi connectivity index (χ3n) is 3.18. The van der Waals surface area contributed by atoms with Crippen LogP contribution in [-0.4, -0.2) is 15.0 Å². The van der Waals surface area contributed by atoms with Crippen LogP contribution in [0.4, 0.5) is 5.82 Å². The van der Waals surface area contributed by atoms with Crippen LogP contribution in [-0.2, 0) is 6.42 Å². The van der Waals surface area contributed by atoms with Gasteiger partial charge in [0.1, 0.15) is 5.82 Å². The summed E-state index contributed by atoms with van der Waals surface area (Å²) in [5.41, 5.74) is 9.57. The molecular weight excluding hydrogens is 236 g/mol. The molecule has 0 fully saturated rings. The van der Waals surface area contributed by atoms with Crippen molar-refractivity contribution in [2.45, 2.75) is 13.3 Å². The molecule has 3 aromatic rings. The van der Waals surface area contributed by atoms with Crippen LogP contribution in [0.15, 0.2) is 42.9 Å². The van der Waals surface area contributed by atoms with Gasteiger partial charge in [-0.25, -0.2) is 4.98 Å². The molecule has 19 heavy (non-hydrogen) atoms. The van der Waals surface area contributed by atoms with Crippen molar-refractivity contribution in [2.24, 2.45) is 0 Å². The highest BCUT2D eigenvalue weighted by Gasteiger charge is 2.08. The number of nitrogens with zero attached hydrogens (tertiary/aromatic N) is 3. The number of pyridine rings is 3. The van der Waals surface area contributed by atoms with E-state index in [1.807, 2.05) is 24.3 Å². The van der Waals surface area contributed by atoms with Crippen LogP contribution in [0.5, 0.6) is 0 Å². The third-order valence-corrected chi connectivity index (χ3v) is 3.18. The quantitative estimate of drug-likeness (QED) is 0.759. The van der Waals surface area contributed by atoms with Gasteiger partial charge in [0, 0.05) is 29.5 Å². The maximum absolute atomic E-state index is 5.84. The molecule has 0 saturated heterocycles. The number of aromatic nitrogens is 3. The number of nitrogens with two attached hydrogens (primary N) is 1. The van der Waals surface area contributed by atoms with E-state index in [1.54, 1.807) is 18.6 Å². The lowest BCUT2D eigenvalue weighted by molar-refractivity contribution is 1.11. The Labute approximate surface area is 111 Å². The highest BCUT2D eigenvalue weighted by Crippen LogP contribution is 2.26. The summed E-state index contributed by atoms with van der Waals surface area (Å²) in [4.78, 5) is 13.1. The van der Waals surface area contributed by atoms with Crippen molar-refractivity contribution in [2.75, 3.05) is 5.73 Å². The highest BCUT2D eigenvalue weighted by atomic mass is 14.8. The number of hydrogen-bond donors (Lipinski definition) is 1. The van der Waals surface area contributed by atoms with Crippen molar-refractivity contribution in [3.63, 3.8) is 0 Å². The second-order valence-electron chi connectivity index (χ2n) is 4.36. The predicted octanol–water partition coefficient (Wildman–Crippen LogP) is 2.84. The van der Waals surface area contributed by atoms with E-state index in [-0.39, 0.29) is 0 Å². The number of fused-ring (bicyclic) bond motifs is 1. The van der Waals surface area contributed by atoms with Crippen molar-refractivity contribution >= 4 is 16.7 Å². The molecule has 0 aromatic carbocycles. The summed E-state index contributed by atoms with van der Waals surface area (Å²) >= 11 is 0. The molecule has 2 N–H and O–H groups in total. The number of aryl methyl sites for hydroxylation is 1. The van der Waals surface area contributed by atoms with E-state index in [2.05, 4.69) is 21.9 Å². The molecule has 4 heteroatoms. The first-order valence-corrected chi connectivity index (χ1v) is 6.24. The lowest BCUT2D eigenvalue weighted by Crippen LogP contribution is -1.98. The van der Waals surface area contributed by atoms with Crippen molar-refractivity contribution < 1.29 is 0 Å². The summed E-state index contributed by atoms with van der Waals surface area (Å²) in [6.45, 7) is 2.06. The zero-order valence-corrected chi connectivity index (χ0v) is 10.7. The Kier molecular flexibility index (Phi) is 2.83. The lowest BCUT2D eigenvalue weighted by atomic mass is 10.1. The van der Waals surface area contributed by atoms with Gasteiger partial charge in [-0.1, -0.05) is 13.0 Å². The number of rotatable bonds is 2. The topological polar surface area (TPSA) is 64.7 Å². The Morgan fingerprint density at radius 1 is 1.11 bits per heavy atom. The van der Waals surface area contributed by atoms with Crippen LogP contribution >= 0.6 is 0 Å². The van der Waals surface area contributed by atoms with E-state index < -0.39 is 0 Å². The average molecular weight is 250 g/mol. The predicted molar refractivity (Wildman–Crippen MR) is 76.6 cm³/mol. The highest BCUT2D eigenvalue weighted by molar-refractivity contribution is 5.91. The number of anilines is 1. The molecule has 0 saturated carbocycles. The van der Waals surface area contributed by atoms with Gasteiger partial charge in [-0.2, -0.15) is 0 Å². The van der Waals surface area contributed by atoms with Crippen molar-refractivity contribution in [3.05, 3.63) is 48.4 Å². The summed E-state index contributed by atoms with van der Waals surface area (Å²) in [6.07, 6.45) is 6.18. The van der Waals surface area contributed by atoms with Gasteiger partial charge in [-0.05, 0) is 30.2 Å². The molecule has 3 aromatic heterocycles. The average Bonchev–Trinajstić information content (AvgIpc) is 2.47. The Bertz CT molecular complexity index is 732. The van der Waals surface area contributed by atoms with Gasteiger partial charge in [-0.15, -0.1) is 0 Å². The molecule has 94 valence electrons. The molecule has 3 rings (SSSR count). The summed E-state index contributed by atoms with van der Waals surface area (Å²) in [5, 5.41) is 1.07. The van der Waals surface area contributed by atoms with Crippen LogP contribution in [0.2, 0.25) is 0 Å². The monoisotopic (exact) mass is 250 g/mol. The van der Waals surface area contributed by atoms with E-state index >= 15 is 0 Å². The first-order chi connectivity index (χ1) is 9.29. The van der Waals surface area contributed by atoms with E-state index in [0.717, 1.165) is 34.1 Å². The van der Waals surface area contributed by atoms with Crippen LogP contribution < -0.4 is 5.73 Å². The van der Waals surface area contributed by atoms with Gasteiger partial charge in [0.2, 0.25) is 0 Å². The molecule has 0 aliphatic heterocycles. The minimum atomic E-state index is 0.583. The SMILES string of the molecule is CCc1cc(-c2nccc3cccnc23)cnc1N. The fourth-order valence-electron chi connectivity index (χ4n) is 2.15. The van der Waals surface area contributed by atoms with E-state index in [1.165, 1.54) is 0 Å². The van der Waals surface area contributed by atoms with Gasteiger partial charge in [0.15, 0.2) is 0 Å². The minimum absolute atomic E-state index is 0.583. The summed E-state index contributed by atoms with van der Waals surface area (Å²) < 4.78 is 0. The van der Waals surface area contributed by atoms with Crippen LogP contribution in [0.25, 0.3) is 22.2 Å². The Balaban J connectivity index is 2.24. The molecule has 0 bridgehead atoms. The maximum Gasteiger partial charge on any atom is 0.126 e. The molecule has 3 heterocycles. The summed E-state index contributed by atoms with van der Waals surface area (Å²) in [7, 11) is 0. The molecule has 0 unspecified atom stereocenters. The third kappa shape index (κ3) is 2.01. The Hall–Kier alpha value is -2.49. The van der Waals surface area contributed by atoms with Crippen LogP contribution in [0.1, 0.15) is 12.5 Å². The normalized spacial score (nSPS) is 10.8. The van der Waals surface area contributed by atoms with Gasteiger partial charge in [-0.3, -0.25) is 9.97 Å². The van der Waals surface area contributed by atoms with Crippen molar-refractivity contribution in [1.29, 1.82) is 0 Å².